The molecule has 1 atom stereocenters. The quantitative estimate of drug-likeness (QED) is 0.298. The number of nitrogens with one attached hydrogen (secondary N) is 1. The summed E-state index contributed by atoms with van der Waals surface area (Å²) in [7, 11) is 1.71. The molecule has 1 aromatic carbocycles. The van der Waals surface area contributed by atoms with Gasteiger partial charge < -0.3 is 5.32 Å². The summed E-state index contributed by atoms with van der Waals surface area (Å²) in [5.74, 6) is -0.111. The van der Waals surface area contributed by atoms with Crippen molar-refractivity contribution in [3.63, 3.8) is 0 Å². The number of carbonyl (C=O) groups excluding carboxylic acids is 1. The van der Waals surface area contributed by atoms with Gasteiger partial charge in [-0.3, -0.25) is 14.2 Å². The van der Waals surface area contributed by atoms with Crippen molar-refractivity contribution in [1.82, 2.24) is 9.55 Å². The second-order valence-corrected chi connectivity index (χ2v) is 10.7. The zero-order chi connectivity index (χ0) is 22.3. The fourth-order valence-electron chi connectivity index (χ4n) is 3.59. The molecule has 160 valence electrons. The molecular formula is C23H23N3O2S3. The number of nitrogens with zero attached hydrogens (tertiary/aromatic N) is 2. The van der Waals surface area contributed by atoms with Gasteiger partial charge in [0.1, 0.15) is 4.83 Å². The minimum atomic E-state index is -0.410. The number of thioether (sulfide) groups is 1. The number of amides is 1. The van der Waals surface area contributed by atoms with Crippen molar-refractivity contribution in [3.8, 4) is 10.4 Å². The molecule has 0 radical (unpaired) electrons. The number of aryl methyl sites for hydroxylation is 3. The van der Waals surface area contributed by atoms with E-state index in [0.29, 0.717) is 15.4 Å². The van der Waals surface area contributed by atoms with Gasteiger partial charge in [-0.15, -0.1) is 22.7 Å². The van der Waals surface area contributed by atoms with Crippen LogP contribution in [0.3, 0.4) is 0 Å². The molecule has 0 spiro atoms. The number of aromatic nitrogens is 2. The van der Waals surface area contributed by atoms with Crippen LogP contribution in [0.15, 0.2) is 45.0 Å². The molecule has 0 fully saturated rings. The van der Waals surface area contributed by atoms with E-state index in [1.165, 1.54) is 28.7 Å². The summed E-state index contributed by atoms with van der Waals surface area (Å²) in [4.78, 5) is 32.5. The molecule has 0 aliphatic heterocycles. The summed E-state index contributed by atoms with van der Waals surface area (Å²) < 4.78 is 1.54. The Morgan fingerprint density at radius 2 is 1.90 bits per heavy atom. The molecule has 3 aromatic heterocycles. The first-order chi connectivity index (χ1) is 14.8. The van der Waals surface area contributed by atoms with Gasteiger partial charge in [-0.05, 0) is 50.3 Å². The van der Waals surface area contributed by atoms with E-state index in [-0.39, 0.29) is 11.5 Å². The fourth-order valence-corrected chi connectivity index (χ4v) is 6.26. The number of anilines is 1. The topological polar surface area (TPSA) is 64.0 Å². The second-order valence-electron chi connectivity index (χ2n) is 7.59. The summed E-state index contributed by atoms with van der Waals surface area (Å²) >= 11 is 4.36. The second kappa shape index (κ2) is 8.61. The number of rotatable bonds is 5. The Labute approximate surface area is 193 Å². The lowest BCUT2D eigenvalue weighted by atomic mass is 10.1. The van der Waals surface area contributed by atoms with Gasteiger partial charge in [0.05, 0.1) is 10.6 Å². The van der Waals surface area contributed by atoms with E-state index in [1.54, 1.807) is 23.0 Å². The van der Waals surface area contributed by atoms with Gasteiger partial charge in [0.25, 0.3) is 5.56 Å². The maximum Gasteiger partial charge on any atom is 0.263 e. The van der Waals surface area contributed by atoms with Crippen molar-refractivity contribution in [3.05, 3.63) is 62.1 Å². The Kier molecular flexibility index (Phi) is 6.05. The molecule has 0 aliphatic carbocycles. The van der Waals surface area contributed by atoms with Crippen molar-refractivity contribution >= 4 is 56.2 Å². The maximum absolute atomic E-state index is 13.1. The van der Waals surface area contributed by atoms with Crippen LogP contribution in [0, 0.1) is 20.8 Å². The highest BCUT2D eigenvalue weighted by atomic mass is 32.2. The van der Waals surface area contributed by atoms with Crippen molar-refractivity contribution in [2.45, 2.75) is 38.1 Å². The first-order valence-corrected chi connectivity index (χ1v) is 12.5. The molecular weight excluding hydrogens is 446 g/mol. The van der Waals surface area contributed by atoms with E-state index in [0.717, 1.165) is 27.3 Å². The first kappa shape index (κ1) is 21.8. The Bertz CT molecular complexity index is 1310. The van der Waals surface area contributed by atoms with Crippen LogP contribution in [0.4, 0.5) is 5.69 Å². The molecule has 4 aromatic rings. The van der Waals surface area contributed by atoms with Crippen molar-refractivity contribution in [1.29, 1.82) is 0 Å². The molecule has 4 rings (SSSR count). The van der Waals surface area contributed by atoms with E-state index in [1.807, 2.05) is 50.6 Å². The normalized spacial score (nSPS) is 12.3. The first-order valence-electron chi connectivity index (χ1n) is 9.83. The molecule has 1 amide bonds. The lowest BCUT2D eigenvalue weighted by Gasteiger charge is -2.16. The van der Waals surface area contributed by atoms with Gasteiger partial charge in [-0.2, -0.15) is 0 Å². The summed E-state index contributed by atoms with van der Waals surface area (Å²) in [5, 5.41) is 7.80. The average Bonchev–Trinajstić information content (AvgIpc) is 3.37. The van der Waals surface area contributed by atoms with Gasteiger partial charge in [0.2, 0.25) is 5.91 Å². The zero-order valence-electron chi connectivity index (χ0n) is 18.0. The Hall–Kier alpha value is -2.42. The van der Waals surface area contributed by atoms with Gasteiger partial charge in [0.15, 0.2) is 5.16 Å². The summed E-state index contributed by atoms with van der Waals surface area (Å²) in [6, 6.07) is 8.10. The van der Waals surface area contributed by atoms with Gasteiger partial charge >= 0.3 is 0 Å². The molecule has 0 saturated heterocycles. The third-order valence-corrected chi connectivity index (χ3v) is 8.06. The number of hydrogen-bond donors (Lipinski definition) is 1. The number of thiophene rings is 2. The van der Waals surface area contributed by atoms with Crippen LogP contribution in [0.25, 0.3) is 20.7 Å². The van der Waals surface area contributed by atoms with Crippen LogP contribution >= 0.6 is 34.4 Å². The molecule has 0 saturated carbocycles. The van der Waals surface area contributed by atoms with Crippen LogP contribution in [0.5, 0.6) is 0 Å². The Balaban J connectivity index is 1.61. The average molecular weight is 470 g/mol. The molecule has 0 bridgehead atoms. The van der Waals surface area contributed by atoms with E-state index in [4.69, 9.17) is 4.98 Å². The predicted molar refractivity (Wildman–Crippen MR) is 133 cm³/mol. The molecule has 3 heterocycles. The molecule has 1 N–H and O–H groups in total. The van der Waals surface area contributed by atoms with Crippen LogP contribution < -0.4 is 10.9 Å². The van der Waals surface area contributed by atoms with Crippen molar-refractivity contribution < 1.29 is 4.79 Å². The van der Waals surface area contributed by atoms with Gasteiger partial charge in [-0.1, -0.05) is 35.5 Å². The van der Waals surface area contributed by atoms with Crippen molar-refractivity contribution in [2.24, 2.45) is 7.05 Å². The lowest BCUT2D eigenvalue weighted by Crippen LogP contribution is -2.26. The third kappa shape index (κ3) is 4.20. The minimum Gasteiger partial charge on any atom is -0.325 e. The monoisotopic (exact) mass is 469 g/mol. The molecule has 1 unspecified atom stereocenters. The van der Waals surface area contributed by atoms with Gasteiger partial charge in [-0.25, -0.2) is 4.98 Å². The minimum absolute atomic E-state index is 0.0880. The predicted octanol–water partition coefficient (Wildman–Crippen LogP) is 5.77. The van der Waals surface area contributed by atoms with Crippen LogP contribution in [0.2, 0.25) is 0 Å². The maximum atomic E-state index is 13.1. The van der Waals surface area contributed by atoms with Crippen LogP contribution in [-0.2, 0) is 11.8 Å². The lowest BCUT2D eigenvalue weighted by molar-refractivity contribution is -0.115. The van der Waals surface area contributed by atoms with E-state index in [2.05, 4.69) is 17.4 Å². The summed E-state index contributed by atoms with van der Waals surface area (Å²) in [6.45, 7) is 7.87. The van der Waals surface area contributed by atoms with E-state index >= 15 is 0 Å². The molecule has 8 heteroatoms. The zero-order valence-corrected chi connectivity index (χ0v) is 20.4. The summed E-state index contributed by atoms with van der Waals surface area (Å²) in [6.07, 6.45) is 0. The number of hydrogen-bond acceptors (Lipinski definition) is 6. The van der Waals surface area contributed by atoms with E-state index < -0.39 is 5.25 Å². The molecule has 5 nitrogen and oxygen atoms in total. The van der Waals surface area contributed by atoms with Crippen LogP contribution in [0.1, 0.15) is 23.6 Å². The molecule has 0 aliphatic rings. The standard InChI is InChI=1S/C23H23N3O2S3/c1-12-9-13(2)19(14(3)10-12)24-20(27)15(4)31-23-25-21-18(22(28)26(23)5)16(11-30-21)17-7-6-8-29-17/h6-11,15H,1-5H3,(H,24,27). The highest BCUT2D eigenvalue weighted by molar-refractivity contribution is 8.00. The highest BCUT2D eigenvalue weighted by Gasteiger charge is 2.21. The summed E-state index contributed by atoms with van der Waals surface area (Å²) in [5.41, 5.74) is 4.93. The highest BCUT2D eigenvalue weighted by Crippen LogP contribution is 2.35. The Morgan fingerprint density at radius 1 is 1.19 bits per heavy atom. The number of fused-ring (bicyclic) bond motifs is 1. The van der Waals surface area contributed by atoms with Crippen LogP contribution in [-0.4, -0.2) is 20.7 Å². The smallest absolute Gasteiger partial charge is 0.263 e. The van der Waals surface area contributed by atoms with Crippen molar-refractivity contribution in [2.75, 3.05) is 5.32 Å². The Morgan fingerprint density at radius 3 is 2.55 bits per heavy atom. The SMILES string of the molecule is Cc1cc(C)c(NC(=O)C(C)Sc2nc3scc(-c4cccs4)c3c(=O)n2C)c(C)c1. The van der Waals surface area contributed by atoms with Gasteiger partial charge in [0, 0.05) is 28.6 Å². The third-order valence-electron chi connectivity index (χ3n) is 5.14. The fraction of sp³-hybridized carbons (Fsp3) is 0.261. The largest absolute Gasteiger partial charge is 0.325 e. The molecule has 31 heavy (non-hydrogen) atoms. The van der Waals surface area contributed by atoms with E-state index in [9.17, 15) is 9.59 Å². The number of carbonyl (C=O) groups is 1. The number of benzene rings is 1.